The lowest BCUT2D eigenvalue weighted by atomic mass is 10.1. The molecular weight excluding hydrogens is 373 g/mol. The van der Waals surface area contributed by atoms with Crippen molar-refractivity contribution < 1.29 is 19.0 Å². The Bertz CT molecular complexity index is 736. The molecule has 0 aliphatic rings. The Morgan fingerprint density at radius 3 is 2.48 bits per heavy atom. The fourth-order valence-corrected chi connectivity index (χ4v) is 2.60. The molecule has 7 heteroatoms. The average molecular weight is 403 g/mol. The van der Waals surface area contributed by atoms with Crippen LogP contribution in [0.3, 0.4) is 0 Å². The smallest absolute Gasteiger partial charge is 0.191 e. The highest BCUT2D eigenvalue weighted by atomic mass is 19.1. The maximum Gasteiger partial charge on any atom is 0.191 e. The number of benzene rings is 2. The molecule has 0 aliphatic carbocycles. The first kappa shape index (κ1) is 22.6. The predicted octanol–water partition coefficient (Wildman–Crippen LogP) is 3.03. The molecule has 2 rings (SSSR count). The second kappa shape index (κ2) is 12.7. The van der Waals surface area contributed by atoms with Gasteiger partial charge in [0, 0.05) is 26.3 Å². The van der Waals surface area contributed by atoms with Crippen molar-refractivity contribution in [1.29, 1.82) is 0 Å². The third-order valence-electron chi connectivity index (χ3n) is 4.26. The summed E-state index contributed by atoms with van der Waals surface area (Å²) in [6.07, 6.45) is 0.0735. The van der Waals surface area contributed by atoms with Crippen LogP contribution >= 0.6 is 0 Å². The molecule has 0 spiro atoms. The molecule has 3 N–H and O–H groups in total. The third kappa shape index (κ3) is 8.50. The molecule has 0 fully saturated rings. The van der Waals surface area contributed by atoms with Gasteiger partial charge in [0.2, 0.25) is 0 Å². The molecule has 2 aromatic rings. The Morgan fingerprint density at radius 2 is 1.83 bits per heavy atom. The van der Waals surface area contributed by atoms with E-state index in [4.69, 9.17) is 9.47 Å². The summed E-state index contributed by atoms with van der Waals surface area (Å²) in [5, 5.41) is 16.7. The minimum absolute atomic E-state index is 0.255. The maximum atomic E-state index is 13.1. The van der Waals surface area contributed by atoms with Gasteiger partial charge in [-0.1, -0.05) is 24.3 Å². The summed E-state index contributed by atoms with van der Waals surface area (Å²) >= 11 is 0. The zero-order chi connectivity index (χ0) is 20.9. The number of nitrogens with zero attached hydrogens (tertiary/aromatic N) is 1. The van der Waals surface area contributed by atoms with Gasteiger partial charge in [0.15, 0.2) is 5.96 Å². The zero-order valence-electron chi connectivity index (χ0n) is 17.0. The zero-order valence-corrected chi connectivity index (χ0v) is 17.0. The monoisotopic (exact) mass is 403 g/mol. The van der Waals surface area contributed by atoms with E-state index in [1.54, 1.807) is 19.2 Å². The highest BCUT2D eigenvalue weighted by Gasteiger charge is 2.09. The van der Waals surface area contributed by atoms with Crippen molar-refractivity contribution in [2.75, 3.05) is 33.4 Å². The Kier molecular flexibility index (Phi) is 9.95. The summed E-state index contributed by atoms with van der Waals surface area (Å²) in [7, 11) is 1.63. The Hall–Kier alpha value is -2.64. The van der Waals surface area contributed by atoms with E-state index in [0.717, 1.165) is 17.7 Å². The van der Waals surface area contributed by atoms with Crippen LogP contribution in [0, 0.1) is 5.82 Å². The van der Waals surface area contributed by atoms with E-state index >= 15 is 0 Å². The molecule has 0 aromatic heterocycles. The van der Waals surface area contributed by atoms with Crippen molar-refractivity contribution in [2.45, 2.75) is 26.0 Å². The van der Waals surface area contributed by atoms with Gasteiger partial charge in [-0.25, -0.2) is 9.38 Å². The van der Waals surface area contributed by atoms with Crippen LogP contribution in [0.1, 0.15) is 30.6 Å². The average Bonchev–Trinajstić information content (AvgIpc) is 2.75. The van der Waals surface area contributed by atoms with Crippen molar-refractivity contribution in [1.82, 2.24) is 10.6 Å². The van der Waals surface area contributed by atoms with E-state index in [-0.39, 0.29) is 12.4 Å². The fraction of sp³-hybridized carbons (Fsp3) is 0.409. The normalized spacial score (nSPS) is 12.5. The number of aliphatic hydroxyl groups excluding tert-OH is 1. The molecule has 0 saturated carbocycles. The fourth-order valence-electron chi connectivity index (χ4n) is 2.60. The first-order valence-electron chi connectivity index (χ1n) is 9.78. The van der Waals surface area contributed by atoms with Gasteiger partial charge < -0.3 is 25.2 Å². The van der Waals surface area contributed by atoms with Crippen molar-refractivity contribution >= 4 is 5.96 Å². The molecule has 0 radical (unpaired) electrons. The second-order valence-corrected chi connectivity index (χ2v) is 6.44. The molecule has 0 amide bonds. The number of aliphatic imine (C=N–C) groups is 1. The van der Waals surface area contributed by atoms with Gasteiger partial charge in [0.05, 0.1) is 19.8 Å². The van der Waals surface area contributed by atoms with E-state index in [1.807, 2.05) is 31.2 Å². The standard InChI is InChI=1S/C22H30FN3O3/c1-3-29-14-4-13-24-22(25-15-17-5-11-20(28-2)12-6-17)26-16-21(27)18-7-9-19(23)10-8-18/h5-12,21,27H,3-4,13-16H2,1-2H3,(H2,24,25,26). The number of ether oxygens (including phenoxy) is 2. The van der Waals surface area contributed by atoms with Crippen LogP contribution < -0.4 is 15.4 Å². The topological polar surface area (TPSA) is 75.1 Å². The van der Waals surface area contributed by atoms with Crippen LogP contribution in [0.5, 0.6) is 5.75 Å². The van der Waals surface area contributed by atoms with E-state index in [2.05, 4.69) is 15.6 Å². The van der Waals surface area contributed by atoms with E-state index in [9.17, 15) is 9.50 Å². The Balaban J connectivity index is 1.93. The van der Waals surface area contributed by atoms with Gasteiger partial charge in [0.25, 0.3) is 0 Å². The van der Waals surface area contributed by atoms with Crippen LogP contribution in [0.25, 0.3) is 0 Å². The molecule has 0 bridgehead atoms. The van der Waals surface area contributed by atoms with E-state index < -0.39 is 6.10 Å². The molecule has 0 aliphatic heterocycles. The quantitative estimate of drug-likeness (QED) is 0.306. The van der Waals surface area contributed by atoms with Gasteiger partial charge in [-0.2, -0.15) is 0 Å². The lowest BCUT2D eigenvalue weighted by Gasteiger charge is -2.16. The maximum absolute atomic E-state index is 13.1. The Labute approximate surface area is 171 Å². The van der Waals surface area contributed by atoms with Crippen molar-refractivity contribution in [3.8, 4) is 5.75 Å². The summed E-state index contributed by atoms with van der Waals surface area (Å²) in [4.78, 5) is 4.59. The summed E-state index contributed by atoms with van der Waals surface area (Å²) in [5.74, 6) is 1.07. The molecule has 2 aromatic carbocycles. The molecule has 158 valence electrons. The Morgan fingerprint density at radius 1 is 1.10 bits per heavy atom. The molecule has 29 heavy (non-hydrogen) atoms. The molecule has 1 unspecified atom stereocenters. The third-order valence-corrected chi connectivity index (χ3v) is 4.26. The minimum Gasteiger partial charge on any atom is -0.497 e. The number of aliphatic hydroxyl groups is 1. The lowest BCUT2D eigenvalue weighted by molar-refractivity contribution is 0.145. The first-order chi connectivity index (χ1) is 14.1. The number of hydrogen-bond acceptors (Lipinski definition) is 4. The highest BCUT2D eigenvalue weighted by Crippen LogP contribution is 2.13. The summed E-state index contributed by atoms with van der Waals surface area (Å²) in [6.45, 7) is 4.77. The van der Waals surface area contributed by atoms with Crippen LogP contribution in [-0.4, -0.2) is 44.5 Å². The summed E-state index contributed by atoms with van der Waals surface area (Å²) in [5.41, 5.74) is 1.69. The van der Waals surface area contributed by atoms with Gasteiger partial charge in [0.1, 0.15) is 11.6 Å². The molecule has 1 atom stereocenters. The van der Waals surface area contributed by atoms with Crippen LogP contribution in [0.2, 0.25) is 0 Å². The molecule has 6 nitrogen and oxygen atoms in total. The second-order valence-electron chi connectivity index (χ2n) is 6.44. The summed E-state index contributed by atoms with van der Waals surface area (Å²) < 4.78 is 23.6. The summed E-state index contributed by atoms with van der Waals surface area (Å²) in [6, 6.07) is 13.5. The van der Waals surface area contributed by atoms with Gasteiger partial charge in [-0.3, -0.25) is 0 Å². The van der Waals surface area contributed by atoms with Gasteiger partial charge in [-0.15, -0.1) is 0 Å². The molecule has 0 heterocycles. The largest absolute Gasteiger partial charge is 0.497 e. The molecular formula is C22H30FN3O3. The van der Waals surface area contributed by atoms with E-state index in [0.29, 0.717) is 37.8 Å². The van der Waals surface area contributed by atoms with Crippen molar-refractivity contribution in [2.24, 2.45) is 4.99 Å². The SMILES string of the molecule is CCOCCCNC(=NCc1ccc(OC)cc1)NCC(O)c1ccc(F)cc1. The van der Waals surface area contributed by atoms with Crippen LogP contribution in [0.15, 0.2) is 53.5 Å². The van der Waals surface area contributed by atoms with Crippen LogP contribution in [-0.2, 0) is 11.3 Å². The predicted molar refractivity (Wildman–Crippen MR) is 113 cm³/mol. The number of hydrogen-bond donors (Lipinski definition) is 3. The molecule has 0 saturated heterocycles. The number of nitrogens with one attached hydrogen (secondary N) is 2. The number of methoxy groups -OCH3 is 1. The van der Waals surface area contributed by atoms with E-state index in [1.165, 1.54) is 12.1 Å². The van der Waals surface area contributed by atoms with Crippen molar-refractivity contribution in [3.63, 3.8) is 0 Å². The number of halogens is 1. The van der Waals surface area contributed by atoms with Crippen LogP contribution in [0.4, 0.5) is 4.39 Å². The van der Waals surface area contributed by atoms with Gasteiger partial charge >= 0.3 is 0 Å². The lowest BCUT2D eigenvalue weighted by Crippen LogP contribution is -2.40. The minimum atomic E-state index is -0.771. The number of guanidine groups is 1. The highest BCUT2D eigenvalue weighted by molar-refractivity contribution is 5.79. The van der Waals surface area contributed by atoms with Crippen molar-refractivity contribution in [3.05, 3.63) is 65.5 Å². The number of rotatable bonds is 11. The van der Waals surface area contributed by atoms with Gasteiger partial charge in [-0.05, 0) is 48.7 Å². The first-order valence-corrected chi connectivity index (χ1v) is 9.78.